The van der Waals surface area contributed by atoms with Crippen LogP contribution in [0.5, 0.6) is 0 Å². The van der Waals surface area contributed by atoms with Crippen LogP contribution in [0.2, 0.25) is 0 Å². The molecule has 0 atom stereocenters. The third kappa shape index (κ3) is 1.19. The first-order valence-electron chi connectivity index (χ1n) is 2.51. The van der Waals surface area contributed by atoms with Crippen LogP contribution in [0.15, 0.2) is 12.4 Å². The molecule has 1 aromatic rings. The number of nitrogens with zero attached hydrogens (tertiary/aromatic N) is 2. The Labute approximate surface area is 56.5 Å². The minimum atomic E-state index is -1.10. The number of anilines is 1. The van der Waals surface area contributed by atoms with Crippen molar-refractivity contribution < 1.29 is 9.90 Å². The molecule has 0 radical (unpaired) electrons. The van der Waals surface area contributed by atoms with E-state index in [0.717, 1.165) is 6.33 Å². The van der Waals surface area contributed by atoms with Crippen LogP contribution in [0, 0.1) is 0 Å². The standard InChI is InChI=1S/C5H5N3O2/c6-4-1-3(5(9)10)7-2-8-4/h1-2H,(H,9,10)(H2,6,7,8). The Balaban J connectivity index is 3.07. The molecular formula is C5H5N3O2. The molecule has 10 heavy (non-hydrogen) atoms. The number of hydrogen-bond donors (Lipinski definition) is 2. The highest BCUT2D eigenvalue weighted by molar-refractivity contribution is 5.85. The van der Waals surface area contributed by atoms with E-state index in [0.29, 0.717) is 0 Å². The van der Waals surface area contributed by atoms with Crippen LogP contribution in [-0.2, 0) is 0 Å². The number of aromatic nitrogens is 2. The van der Waals surface area contributed by atoms with Gasteiger partial charge in [0.25, 0.3) is 0 Å². The normalized spacial score (nSPS) is 9.20. The summed E-state index contributed by atoms with van der Waals surface area (Å²) in [6, 6.07) is 1.20. The van der Waals surface area contributed by atoms with E-state index in [2.05, 4.69) is 9.97 Å². The Morgan fingerprint density at radius 3 is 2.70 bits per heavy atom. The average Bonchev–Trinajstić information content (AvgIpc) is 1.88. The number of carboxylic acid groups (broad SMARTS) is 1. The average molecular weight is 139 g/mol. The molecule has 52 valence electrons. The molecule has 0 aliphatic rings. The van der Waals surface area contributed by atoms with Crippen molar-refractivity contribution in [2.45, 2.75) is 0 Å². The van der Waals surface area contributed by atoms with E-state index in [1.54, 1.807) is 0 Å². The lowest BCUT2D eigenvalue weighted by molar-refractivity contribution is 0.0690. The van der Waals surface area contributed by atoms with E-state index in [4.69, 9.17) is 10.8 Å². The van der Waals surface area contributed by atoms with Crippen molar-refractivity contribution in [3.05, 3.63) is 18.1 Å². The number of nitrogen functional groups attached to an aromatic ring is 1. The fourth-order valence-corrected chi connectivity index (χ4v) is 0.489. The quantitative estimate of drug-likeness (QED) is 0.560. The summed E-state index contributed by atoms with van der Waals surface area (Å²) in [4.78, 5) is 17.2. The smallest absolute Gasteiger partial charge is 0.354 e. The molecule has 0 aromatic carbocycles. The highest BCUT2D eigenvalue weighted by atomic mass is 16.4. The lowest BCUT2D eigenvalue weighted by atomic mass is 10.4. The van der Waals surface area contributed by atoms with Gasteiger partial charge in [0, 0.05) is 6.07 Å². The first kappa shape index (κ1) is 6.47. The fourth-order valence-electron chi connectivity index (χ4n) is 0.489. The number of hydrogen-bond acceptors (Lipinski definition) is 4. The summed E-state index contributed by atoms with van der Waals surface area (Å²) in [6.45, 7) is 0. The maximum atomic E-state index is 10.2. The molecule has 1 heterocycles. The molecule has 0 unspecified atom stereocenters. The van der Waals surface area contributed by atoms with Gasteiger partial charge in [0.1, 0.15) is 12.1 Å². The number of rotatable bonds is 1. The molecular weight excluding hydrogens is 134 g/mol. The first-order valence-corrected chi connectivity index (χ1v) is 2.51. The monoisotopic (exact) mass is 139 g/mol. The topological polar surface area (TPSA) is 89.1 Å². The van der Waals surface area contributed by atoms with Crippen LogP contribution in [0.25, 0.3) is 0 Å². The van der Waals surface area contributed by atoms with Gasteiger partial charge in [0.2, 0.25) is 0 Å². The predicted octanol–water partition coefficient (Wildman–Crippen LogP) is -0.243. The van der Waals surface area contributed by atoms with Crippen molar-refractivity contribution in [2.24, 2.45) is 0 Å². The molecule has 0 aliphatic heterocycles. The van der Waals surface area contributed by atoms with Crippen LogP contribution < -0.4 is 5.73 Å². The molecule has 3 N–H and O–H groups in total. The third-order valence-corrected chi connectivity index (χ3v) is 0.907. The second kappa shape index (κ2) is 2.30. The summed E-state index contributed by atoms with van der Waals surface area (Å²) < 4.78 is 0. The minimum Gasteiger partial charge on any atom is -0.477 e. The van der Waals surface area contributed by atoms with Gasteiger partial charge in [-0.05, 0) is 0 Å². The molecule has 0 aliphatic carbocycles. The lowest BCUT2D eigenvalue weighted by Crippen LogP contribution is -2.02. The summed E-state index contributed by atoms with van der Waals surface area (Å²) >= 11 is 0. The molecule has 5 nitrogen and oxygen atoms in total. The summed E-state index contributed by atoms with van der Waals surface area (Å²) in [6.07, 6.45) is 1.11. The number of nitrogens with two attached hydrogens (primary N) is 1. The van der Waals surface area contributed by atoms with Gasteiger partial charge in [0.15, 0.2) is 5.69 Å². The van der Waals surface area contributed by atoms with E-state index in [1.807, 2.05) is 0 Å². The van der Waals surface area contributed by atoms with E-state index in [-0.39, 0.29) is 11.5 Å². The van der Waals surface area contributed by atoms with Crippen LogP contribution >= 0.6 is 0 Å². The van der Waals surface area contributed by atoms with Gasteiger partial charge in [-0.2, -0.15) is 0 Å². The SMILES string of the molecule is Nc1cc(C(=O)O)ncn1. The number of aromatic carboxylic acids is 1. The Kier molecular flexibility index (Phi) is 1.49. The zero-order valence-electron chi connectivity index (χ0n) is 4.98. The molecule has 0 bridgehead atoms. The molecule has 0 saturated heterocycles. The van der Waals surface area contributed by atoms with Gasteiger partial charge in [-0.15, -0.1) is 0 Å². The van der Waals surface area contributed by atoms with Gasteiger partial charge in [-0.25, -0.2) is 14.8 Å². The minimum absolute atomic E-state index is 0.0903. The van der Waals surface area contributed by atoms with Crippen molar-refractivity contribution in [1.29, 1.82) is 0 Å². The summed E-state index contributed by atoms with van der Waals surface area (Å²) in [5.41, 5.74) is 5.09. The molecule has 0 amide bonds. The van der Waals surface area contributed by atoms with Gasteiger partial charge < -0.3 is 10.8 Å². The van der Waals surface area contributed by atoms with Crippen molar-refractivity contribution in [3.63, 3.8) is 0 Å². The third-order valence-electron chi connectivity index (χ3n) is 0.907. The van der Waals surface area contributed by atoms with E-state index in [1.165, 1.54) is 6.07 Å². The van der Waals surface area contributed by atoms with Crippen molar-refractivity contribution in [2.75, 3.05) is 5.73 Å². The molecule has 5 heteroatoms. The predicted molar refractivity (Wildman–Crippen MR) is 33.4 cm³/mol. The Bertz CT molecular complexity index is 261. The van der Waals surface area contributed by atoms with Gasteiger partial charge >= 0.3 is 5.97 Å². The Morgan fingerprint density at radius 1 is 1.60 bits per heavy atom. The molecule has 0 saturated carbocycles. The van der Waals surface area contributed by atoms with Crippen molar-refractivity contribution in [1.82, 2.24) is 9.97 Å². The second-order valence-electron chi connectivity index (χ2n) is 1.63. The maximum Gasteiger partial charge on any atom is 0.354 e. The van der Waals surface area contributed by atoms with E-state index >= 15 is 0 Å². The van der Waals surface area contributed by atoms with Gasteiger partial charge in [-0.3, -0.25) is 0 Å². The molecule has 1 aromatic heterocycles. The summed E-state index contributed by atoms with van der Waals surface area (Å²) in [5, 5.41) is 8.36. The van der Waals surface area contributed by atoms with Crippen LogP contribution in [0.1, 0.15) is 10.5 Å². The summed E-state index contributed by atoms with van der Waals surface area (Å²) in [7, 11) is 0. The van der Waals surface area contributed by atoms with Crippen LogP contribution in [0.4, 0.5) is 5.82 Å². The van der Waals surface area contributed by atoms with E-state index < -0.39 is 5.97 Å². The Hall–Kier alpha value is -1.65. The maximum absolute atomic E-state index is 10.2. The second-order valence-corrected chi connectivity index (χ2v) is 1.63. The van der Waals surface area contributed by atoms with Crippen LogP contribution in [0.3, 0.4) is 0 Å². The zero-order chi connectivity index (χ0) is 7.56. The highest BCUT2D eigenvalue weighted by Gasteiger charge is 2.02. The van der Waals surface area contributed by atoms with Gasteiger partial charge in [0.05, 0.1) is 0 Å². The Morgan fingerprint density at radius 2 is 2.30 bits per heavy atom. The molecule has 0 fully saturated rings. The fraction of sp³-hybridized carbons (Fsp3) is 0. The van der Waals surface area contributed by atoms with Gasteiger partial charge in [-0.1, -0.05) is 0 Å². The van der Waals surface area contributed by atoms with E-state index in [9.17, 15) is 4.79 Å². The van der Waals surface area contributed by atoms with Crippen molar-refractivity contribution >= 4 is 11.8 Å². The van der Waals surface area contributed by atoms with Crippen molar-refractivity contribution in [3.8, 4) is 0 Å². The largest absolute Gasteiger partial charge is 0.477 e. The molecule has 0 spiro atoms. The lowest BCUT2D eigenvalue weighted by Gasteiger charge is -1.91. The zero-order valence-corrected chi connectivity index (χ0v) is 4.98. The highest BCUT2D eigenvalue weighted by Crippen LogP contribution is 1.97. The number of carboxylic acids is 1. The summed E-state index contributed by atoms with van der Waals surface area (Å²) in [5.74, 6) is -0.943. The molecule has 1 rings (SSSR count). The number of carbonyl (C=O) groups is 1. The first-order chi connectivity index (χ1) is 4.70. The van der Waals surface area contributed by atoms with Crippen LogP contribution in [-0.4, -0.2) is 21.0 Å².